The number of rotatable bonds is 11. The second-order valence-corrected chi connectivity index (χ2v) is 16.7. The maximum atomic E-state index is 14.8. The van der Waals surface area contributed by atoms with Gasteiger partial charge < -0.3 is 34.6 Å². The van der Waals surface area contributed by atoms with Crippen LogP contribution in [0.4, 0.5) is 54.9 Å². The van der Waals surface area contributed by atoms with E-state index in [9.17, 15) is 45.5 Å². The number of nitrogens with zero attached hydrogens (tertiary/aromatic N) is 10. The third-order valence-electron chi connectivity index (χ3n) is 12.0. The quantitative estimate of drug-likeness (QED) is 0.108. The molecule has 0 spiro atoms. The van der Waals surface area contributed by atoms with Crippen molar-refractivity contribution in [3.63, 3.8) is 0 Å². The zero-order valence-corrected chi connectivity index (χ0v) is 37.3. The van der Waals surface area contributed by atoms with Crippen LogP contribution in [0.1, 0.15) is 79.9 Å². The highest BCUT2D eigenvalue weighted by Crippen LogP contribution is 2.42. The highest BCUT2D eigenvalue weighted by molar-refractivity contribution is 6.08. The fourth-order valence-electron chi connectivity index (χ4n) is 8.83. The minimum Gasteiger partial charge on any atom is -0.378 e. The molecule has 360 valence electrons. The van der Waals surface area contributed by atoms with E-state index in [1.807, 2.05) is 6.07 Å². The topological polar surface area (TPSA) is 166 Å². The predicted octanol–water partition coefficient (Wildman–Crippen LogP) is 5.64. The summed E-state index contributed by atoms with van der Waals surface area (Å²) < 4.78 is 84.7. The SMILES string of the molecule is CN(C)c1c(N2CCC(N(C)C)C(F)(F)C2)cccc1N(C=O)C1CCC(=O)NC1=O.FCF.O=C(Nc1cn(C2CCCCC2)nc1C(F)F)c1cnn2ccc(N3CCOCC3)nc12. The van der Waals surface area contributed by atoms with Gasteiger partial charge in [-0.2, -0.15) is 10.2 Å². The monoisotopic (exact) mass is 934 g/mol. The highest BCUT2D eigenvalue weighted by Gasteiger charge is 2.46. The van der Waals surface area contributed by atoms with E-state index < -0.39 is 55.4 Å². The number of carbonyl (C=O) groups is 4. The number of hydrogen-bond acceptors (Lipinski definition) is 12. The number of para-hydroxylation sites is 1. The van der Waals surface area contributed by atoms with Gasteiger partial charge in [0.05, 0.1) is 60.8 Å². The van der Waals surface area contributed by atoms with Gasteiger partial charge >= 0.3 is 0 Å². The maximum Gasteiger partial charge on any atom is 0.284 e. The van der Waals surface area contributed by atoms with Crippen molar-refractivity contribution < 1.29 is 50.3 Å². The average molecular weight is 935 g/mol. The third-order valence-corrected chi connectivity index (χ3v) is 12.0. The standard InChI is InChI=1S/C21H25F2N7O2.C21H29F2N5O3.CH2F2/c22-19(23)18-16(13-30(27-18)14-4-2-1-3-5-14)25-21(31)15-12-24-29-7-6-17(26-20(15)29)28-8-10-32-11-9-28;1-25(2)17-10-11-27(12-21(17,22)23)14-6-5-7-15(19(14)26(3)4)28(13-29)16-8-9-18(30)24-20(16)31;2-1-3/h6-7,12-14,19H,1-5,8-11H2,(H,25,31);5-7,13,16-17H,8-12H2,1-4H3,(H,24,30,31);1H2. The summed E-state index contributed by atoms with van der Waals surface area (Å²) in [6, 6.07) is 5.35. The molecule has 0 bridgehead atoms. The predicted molar refractivity (Wildman–Crippen MR) is 235 cm³/mol. The molecule has 3 aromatic heterocycles. The lowest BCUT2D eigenvalue weighted by atomic mass is 9.96. The first-order chi connectivity index (χ1) is 31.6. The molecule has 66 heavy (non-hydrogen) atoms. The number of amides is 4. The Hall–Kier alpha value is -5.97. The molecule has 6 heterocycles. The number of anilines is 5. The van der Waals surface area contributed by atoms with Crippen LogP contribution < -0.4 is 30.2 Å². The molecule has 23 heteroatoms. The molecule has 2 unspecified atom stereocenters. The van der Waals surface area contributed by atoms with Gasteiger partial charge in [0.1, 0.15) is 17.4 Å². The van der Waals surface area contributed by atoms with E-state index in [0.29, 0.717) is 74.2 Å². The molecule has 1 aliphatic carbocycles. The summed E-state index contributed by atoms with van der Waals surface area (Å²) in [5.41, 5.74) is 1.76. The van der Waals surface area contributed by atoms with Crippen molar-refractivity contribution in [2.24, 2.45) is 0 Å². The number of nitrogens with one attached hydrogen (secondary N) is 2. The van der Waals surface area contributed by atoms with E-state index in [1.54, 1.807) is 72.0 Å². The zero-order chi connectivity index (χ0) is 47.7. The number of fused-ring (bicyclic) bond motifs is 1. The molecule has 17 nitrogen and oxygen atoms in total. The number of benzene rings is 1. The van der Waals surface area contributed by atoms with Crippen LogP contribution in [0.15, 0.2) is 42.9 Å². The van der Waals surface area contributed by atoms with Crippen molar-refractivity contribution in [2.75, 3.05) is 99.4 Å². The first kappa shape index (κ1) is 49.5. The van der Waals surface area contributed by atoms with E-state index in [4.69, 9.17) is 4.74 Å². The maximum absolute atomic E-state index is 14.8. The molecular weight excluding hydrogens is 879 g/mol. The number of alkyl halides is 6. The fourth-order valence-corrected chi connectivity index (χ4v) is 8.83. The molecule has 1 saturated carbocycles. The van der Waals surface area contributed by atoms with Crippen molar-refractivity contribution >= 4 is 58.3 Å². The molecule has 0 radical (unpaired) electrons. The number of morpholine rings is 1. The van der Waals surface area contributed by atoms with Gasteiger partial charge in [-0.15, -0.1) is 0 Å². The Morgan fingerprint density at radius 1 is 1.00 bits per heavy atom. The molecule has 3 aliphatic heterocycles. The van der Waals surface area contributed by atoms with Gasteiger partial charge in [0.15, 0.2) is 11.3 Å². The van der Waals surface area contributed by atoms with Gasteiger partial charge in [0, 0.05) is 52.5 Å². The lowest BCUT2D eigenvalue weighted by Gasteiger charge is -2.43. The second kappa shape index (κ2) is 22.0. The highest BCUT2D eigenvalue weighted by atomic mass is 19.3. The second-order valence-electron chi connectivity index (χ2n) is 16.7. The smallest absolute Gasteiger partial charge is 0.284 e. The van der Waals surface area contributed by atoms with Crippen LogP contribution in [-0.2, 0) is 19.1 Å². The first-order valence-corrected chi connectivity index (χ1v) is 21.7. The summed E-state index contributed by atoms with van der Waals surface area (Å²) in [4.78, 5) is 61.8. The molecule has 4 amide bonds. The Labute approximate surface area is 378 Å². The summed E-state index contributed by atoms with van der Waals surface area (Å²) in [6.07, 6.45) is 8.10. The lowest BCUT2D eigenvalue weighted by molar-refractivity contribution is -0.134. The molecule has 4 aromatic rings. The first-order valence-electron chi connectivity index (χ1n) is 21.7. The molecular formula is C43H56F6N12O5. The third kappa shape index (κ3) is 11.3. The van der Waals surface area contributed by atoms with Crippen molar-refractivity contribution in [2.45, 2.75) is 81.8 Å². The van der Waals surface area contributed by atoms with Crippen LogP contribution in [0.3, 0.4) is 0 Å². The zero-order valence-electron chi connectivity index (χ0n) is 37.3. The van der Waals surface area contributed by atoms with Gasteiger partial charge in [-0.25, -0.2) is 35.8 Å². The van der Waals surface area contributed by atoms with Gasteiger partial charge in [-0.3, -0.25) is 29.2 Å². The van der Waals surface area contributed by atoms with Gasteiger partial charge in [0.2, 0.25) is 25.2 Å². The average Bonchev–Trinajstić information content (AvgIpc) is 3.92. The molecule has 3 saturated heterocycles. The van der Waals surface area contributed by atoms with Gasteiger partial charge in [0.25, 0.3) is 18.3 Å². The summed E-state index contributed by atoms with van der Waals surface area (Å²) in [6.45, 7) is 0.872. The molecule has 4 fully saturated rings. The van der Waals surface area contributed by atoms with E-state index in [0.717, 1.165) is 32.1 Å². The molecule has 4 aliphatic rings. The van der Waals surface area contributed by atoms with Crippen LogP contribution in [0.25, 0.3) is 5.65 Å². The van der Waals surface area contributed by atoms with Crippen molar-refractivity contribution in [1.82, 2.24) is 34.6 Å². The number of halogens is 6. The largest absolute Gasteiger partial charge is 0.378 e. The number of hydrogen-bond donors (Lipinski definition) is 2. The number of aromatic nitrogens is 5. The molecule has 2 N–H and O–H groups in total. The Balaban J connectivity index is 0.000000206. The Morgan fingerprint density at radius 3 is 2.33 bits per heavy atom. The Bertz CT molecular complexity index is 2300. The fraction of sp³-hybridized carbons (Fsp3) is 0.558. The van der Waals surface area contributed by atoms with Crippen LogP contribution in [0.2, 0.25) is 0 Å². The lowest BCUT2D eigenvalue weighted by Crippen LogP contribution is -2.57. The number of carbonyl (C=O) groups excluding carboxylic acids is 4. The molecule has 1 aromatic carbocycles. The van der Waals surface area contributed by atoms with Crippen molar-refractivity contribution in [3.8, 4) is 0 Å². The summed E-state index contributed by atoms with van der Waals surface area (Å²) in [7, 11) is 6.84. The Morgan fingerprint density at radius 2 is 1.71 bits per heavy atom. The van der Waals surface area contributed by atoms with Crippen molar-refractivity contribution in [3.05, 3.63) is 54.1 Å². The number of ether oxygens (including phenoxy) is 1. The van der Waals surface area contributed by atoms with Crippen LogP contribution in [-0.4, -0.2) is 146 Å². The Kier molecular flexibility index (Phi) is 16.5. The summed E-state index contributed by atoms with van der Waals surface area (Å²) >= 11 is 0. The molecule has 2 atom stereocenters. The number of imide groups is 1. The van der Waals surface area contributed by atoms with E-state index in [2.05, 4.69) is 30.7 Å². The van der Waals surface area contributed by atoms with E-state index in [1.165, 1.54) is 21.8 Å². The summed E-state index contributed by atoms with van der Waals surface area (Å²) in [5, 5.41) is 13.2. The van der Waals surface area contributed by atoms with Crippen LogP contribution in [0, 0.1) is 0 Å². The van der Waals surface area contributed by atoms with Crippen LogP contribution >= 0.6 is 0 Å². The van der Waals surface area contributed by atoms with E-state index >= 15 is 0 Å². The molecule has 8 rings (SSSR count). The van der Waals surface area contributed by atoms with Crippen LogP contribution in [0.5, 0.6) is 0 Å². The number of piperidine rings is 2. The minimum atomic E-state index is -2.91. The van der Waals surface area contributed by atoms with Gasteiger partial charge in [-0.05, 0) is 58.0 Å². The van der Waals surface area contributed by atoms with Gasteiger partial charge in [-0.1, -0.05) is 25.3 Å². The van der Waals surface area contributed by atoms with E-state index in [-0.39, 0.29) is 36.0 Å². The normalized spacial score (nSPS) is 20.0. The van der Waals surface area contributed by atoms with Crippen molar-refractivity contribution in [1.29, 1.82) is 0 Å². The minimum absolute atomic E-state index is 0.0271. The summed E-state index contributed by atoms with van der Waals surface area (Å²) in [5.74, 6) is -3.66.